The Morgan fingerprint density at radius 2 is 1.51 bits per heavy atom. The van der Waals surface area contributed by atoms with Crippen LogP contribution in [0.5, 0.6) is 0 Å². The number of aryl methyl sites for hydroxylation is 1. The highest BCUT2D eigenvalue weighted by Crippen LogP contribution is 2.30. The van der Waals surface area contributed by atoms with Crippen molar-refractivity contribution in [3.63, 3.8) is 0 Å². The smallest absolute Gasteiger partial charge is 0.251 e. The highest BCUT2D eigenvalue weighted by atomic mass is 16.1. The van der Waals surface area contributed by atoms with Crippen molar-refractivity contribution in [2.24, 2.45) is 7.05 Å². The first kappa shape index (κ1) is 27.9. The third-order valence-corrected chi connectivity index (χ3v) is 7.50. The van der Waals surface area contributed by atoms with E-state index in [0.717, 1.165) is 54.2 Å². The minimum atomic E-state index is -0.127. The molecular formula is C33H35N9O. The van der Waals surface area contributed by atoms with Crippen molar-refractivity contribution in [3.8, 4) is 11.1 Å². The summed E-state index contributed by atoms with van der Waals surface area (Å²) in [7, 11) is 4.05. The van der Waals surface area contributed by atoms with Gasteiger partial charge in [0.25, 0.3) is 5.91 Å². The third kappa shape index (κ3) is 6.99. The van der Waals surface area contributed by atoms with Crippen LogP contribution in [0.15, 0.2) is 97.5 Å². The molecule has 10 heteroatoms. The second-order valence-electron chi connectivity index (χ2n) is 10.7. The summed E-state index contributed by atoms with van der Waals surface area (Å²) in [6.45, 7) is 4.65. The molecule has 43 heavy (non-hydrogen) atoms. The minimum absolute atomic E-state index is 0.127. The Hall–Kier alpha value is -5.22. The summed E-state index contributed by atoms with van der Waals surface area (Å²) in [6.07, 6.45) is 5.53. The average molecular weight is 574 g/mol. The first-order valence-electron chi connectivity index (χ1n) is 14.4. The van der Waals surface area contributed by atoms with E-state index in [1.807, 2.05) is 55.7 Å². The van der Waals surface area contributed by atoms with E-state index < -0.39 is 0 Å². The Labute approximate surface area is 251 Å². The molecule has 0 radical (unpaired) electrons. The lowest BCUT2D eigenvalue weighted by Gasteiger charge is -2.34. The highest BCUT2D eigenvalue weighted by molar-refractivity contribution is 5.94. The lowest BCUT2D eigenvalue weighted by Crippen LogP contribution is -2.44. The summed E-state index contributed by atoms with van der Waals surface area (Å²) in [6, 6.07) is 25.6. The van der Waals surface area contributed by atoms with E-state index in [4.69, 9.17) is 4.98 Å². The van der Waals surface area contributed by atoms with E-state index in [9.17, 15) is 4.79 Å². The molecule has 0 bridgehead atoms. The lowest BCUT2D eigenvalue weighted by molar-refractivity contribution is 0.0951. The number of nitrogens with one attached hydrogen (secondary N) is 3. The molecule has 3 heterocycles. The molecule has 6 rings (SSSR count). The van der Waals surface area contributed by atoms with Gasteiger partial charge < -0.3 is 25.8 Å². The van der Waals surface area contributed by atoms with E-state index in [-0.39, 0.29) is 5.91 Å². The summed E-state index contributed by atoms with van der Waals surface area (Å²) in [5, 5.41) is 14.0. The van der Waals surface area contributed by atoms with Crippen LogP contribution in [0, 0.1) is 0 Å². The van der Waals surface area contributed by atoms with Gasteiger partial charge in [0.2, 0.25) is 5.95 Å². The number of benzene rings is 3. The van der Waals surface area contributed by atoms with E-state index in [0.29, 0.717) is 23.9 Å². The summed E-state index contributed by atoms with van der Waals surface area (Å²) in [5.41, 5.74) is 6.31. The summed E-state index contributed by atoms with van der Waals surface area (Å²) in [4.78, 5) is 26.8. The van der Waals surface area contributed by atoms with Crippen LogP contribution in [0.2, 0.25) is 0 Å². The number of hydrogen-bond donors (Lipinski definition) is 3. The van der Waals surface area contributed by atoms with E-state index in [1.54, 1.807) is 29.2 Å². The molecule has 218 valence electrons. The van der Waals surface area contributed by atoms with Crippen LogP contribution in [0.25, 0.3) is 11.1 Å². The molecule has 1 aliphatic rings. The average Bonchev–Trinajstić information content (AvgIpc) is 3.47. The van der Waals surface area contributed by atoms with Crippen molar-refractivity contribution >= 4 is 34.7 Å². The normalized spacial score (nSPS) is 13.5. The fourth-order valence-electron chi connectivity index (χ4n) is 4.98. The second-order valence-corrected chi connectivity index (χ2v) is 10.7. The lowest BCUT2D eigenvalue weighted by atomic mass is 10.1. The molecule has 3 aromatic carbocycles. The van der Waals surface area contributed by atoms with Crippen LogP contribution >= 0.6 is 0 Å². The fraction of sp³-hybridized carbons (Fsp3) is 0.212. The van der Waals surface area contributed by atoms with Gasteiger partial charge in [0.15, 0.2) is 0 Å². The van der Waals surface area contributed by atoms with Gasteiger partial charge in [-0.25, -0.2) is 4.98 Å². The predicted octanol–water partition coefficient (Wildman–Crippen LogP) is 5.05. The number of carbonyl (C=O) groups excluding carboxylic acids is 1. The number of likely N-dealkylation sites (N-methyl/N-ethyl adjacent to an activating group) is 1. The van der Waals surface area contributed by atoms with Gasteiger partial charge in [-0.3, -0.25) is 9.48 Å². The largest absolute Gasteiger partial charge is 0.369 e. The van der Waals surface area contributed by atoms with Crippen molar-refractivity contribution in [3.05, 3.63) is 109 Å². The number of nitrogens with zero attached hydrogens (tertiary/aromatic N) is 6. The van der Waals surface area contributed by atoms with Crippen molar-refractivity contribution in [1.82, 2.24) is 30.0 Å². The Morgan fingerprint density at radius 1 is 0.814 bits per heavy atom. The number of anilines is 5. The molecule has 1 amide bonds. The predicted molar refractivity (Wildman–Crippen MR) is 171 cm³/mol. The maximum absolute atomic E-state index is 12.6. The second kappa shape index (κ2) is 12.7. The Morgan fingerprint density at radius 3 is 2.21 bits per heavy atom. The molecule has 2 aromatic heterocycles. The Bertz CT molecular complexity index is 1660. The number of piperazine rings is 1. The molecule has 1 saturated heterocycles. The van der Waals surface area contributed by atoms with Gasteiger partial charge in [-0.15, -0.1) is 0 Å². The molecule has 1 fully saturated rings. The van der Waals surface area contributed by atoms with Gasteiger partial charge in [0.1, 0.15) is 5.82 Å². The van der Waals surface area contributed by atoms with Crippen molar-refractivity contribution in [2.45, 2.75) is 6.54 Å². The summed E-state index contributed by atoms with van der Waals surface area (Å²) >= 11 is 0. The van der Waals surface area contributed by atoms with Crippen LogP contribution in [0.4, 0.5) is 28.8 Å². The van der Waals surface area contributed by atoms with Crippen LogP contribution in [0.3, 0.4) is 0 Å². The van der Waals surface area contributed by atoms with Crippen molar-refractivity contribution in [1.29, 1.82) is 0 Å². The number of carbonyl (C=O) groups is 1. The highest BCUT2D eigenvalue weighted by Gasteiger charge is 2.16. The van der Waals surface area contributed by atoms with Gasteiger partial charge in [-0.1, -0.05) is 30.3 Å². The maximum atomic E-state index is 12.6. The number of aromatic nitrogens is 4. The zero-order chi connectivity index (χ0) is 29.6. The Balaban J connectivity index is 1.16. The third-order valence-electron chi connectivity index (χ3n) is 7.50. The van der Waals surface area contributed by atoms with Crippen LogP contribution in [0.1, 0.15) is 15.9 Å². The SMILES string of the molecule is CN1CCN(c2ccc(Nc3nc(Nc4ccc(C(=O)NCc5ccccc5)cc4)ncc3-c3cnn(C)c3)cc2)CC1. The topological polar surface area (TPSA) is 103 Å². The van der Waals surface area contributed by atoms with Gasteiger partial charge >= 0.3 is 0 Å². The quantitative estimate of drug-likeness (QED) is 0.225. The zero-order valence-electron chi connectivity index (χ0n) is 24.4. The maximum Gasteiger partial charge on any atom is 0.251 e. The fourth-order valence-corrected chi connectivity index (χ4v) is 4.98. The summed E-state index contributed by atoms with van der Waals surface area (Å²) in [5.74, 6) is 0.970. The van der Waals surface area contributed by atoms with Crippen LogP contribution in [-0.2, 0) is 13.6 Å². The molecule has 3 N–H and O–H groups in total. The number of rotatable bonds is 9. The van der Waals surface area contributed by atoms with Crippen LogP contribution < -0.4 is 20.9 Å². The first-order valence-corrected chi connectivity index (χ1v) is 14.4. The standard InChI is InChI=1S/C33H35N9O/c1-40-16-18-42(19-17-40)29-14-12-27(13-15-29)37-31-30(26-21-36-41(2)23-26)22-35-33(39-31)38-28-10-8-25(9-11-28)32(43)34-20-24-6-4-3-5-7-24/h3-15,21-23H,16-20H2,1-2H3,(H,34,43)(H2,35,37,38,39). The van der Waals surface area contributed by atoms with Gasteiger partial charge in [-0.05, 0) is 61.1 Å². The van der Waals surface area contributed by atoms with E-state index >= 15 is 0 Å². The van der Waals surface area contributed by atoms with Gasteiger partial charge in [-0.2, -0.15) is 10.1 Å². The molecule has 0 spiro atoms. The molecule has 0 aliphatic carbocycles. The van der Waals surface area contributed by atoms with Crippen molar-refractivity contribution < 1.29 is 4.79 Å². The number of hydrogen-bond acceptors (Lipinski definition) is 8. The van der Waals surface area contributed by atoms with Gasteiger partial charge in [0.05, 0.1) is 6.20 Å². The van der Waals surface area contributed by atoms with Crippen LogP contribution in [-0.4, -0.2) is 63.8 Å². The molecule has 5 aromatic rings. The minimum Gasteiger partial charge on any atom is -0.369 e. The Kier molecular flexibility index (Phi) is 8.28. The monoisotopic (exact) mass is 573 g/mol. The van der Waals surface area contributed by atoms with E-state index in [2.05, 4.69) is 67.1 Å². The van der Waals surface area contributed by atoms with E-state index in [1.165, 1.54) is 5.69 Å². The molecule has 0 atom stereocenters. The molecule has 1 aliphatic heterocycles. The summed E-state index contributed by atoms with van der Waals surface area (Å²) < 4.78 is 1.76. The first-order chi connectivity index (χ1) is 21.0. The van der Waals surface area contributed by atoms with Gasteiger partial charge in [0, 0.05) is 85.9 Å². The van der Waals surface area contributed by atoms with Crippen molar-refractivity contribution in [2.75, 3.05) is 48.8 Å². The number of amides is 1. The molecule has 0 unspecified atom stereocenters. The molecule has 0 saturated carbocycles. The molecular weight excluding hydrogens is 538 g/mol. The molecule has 10 nitrogen and oxygen atoms in total. The zero-order valence-corrected chi connectivity index (χ0v) is 24.4.